The van der Waals surface area contributed by atoms with Crippen molar-refractivity contribution >= 4 is 21.8 Å². The summed E-state index contributed by atoms with van der Waals surface area (Å²) >= 11 is 3.39. The molecule has 1 saturated carbocycles. The monoisotopic (exact) mass is 390 g/mol. The molecule has 1 fully saturated rings. The summed E-state index contributed by atoms with van der Waals surface area (Å²) in [5, 5.41) is 12.8. The number of aromatic nitrogens is 1. The molecule has 5 nitrogen and oxygen atoms in total. The van der Waals surface area contributed by atoms with Crippen molar-refractivity contribution in [2.75, 3.05) is 0 Å². The summed E-state index contributed by atoms with van der Waals surface area (Å²) < 4.78 is 2.69. The van der Waals surface area contributed by atoms with Crippen molar-refractivity contribution in [2.24, 2.45) is 7.05 Å². The molecule has 2 aromatic rings. The normalized spacial score (nSPS) is 22.8. The Morgan fingerprint density at radius 1 is 1.33 bits per heavy atom. The van der Waals surface area contributed by atoms with Gasteiger partial charge in [0.25, 0.3) is 5.91 Å². The van der Waals surface area contributed by atoms with Gasteiger partial charge in [-0.25, -0.2) is 0 Å². The fourth-order valence-electron chi connectivity index (χ4n) is 3.11. The van der Waals surface area contributed by atoms with E-state index in [1.165, 1.54) is 6.07 Å². The number of pyridine rings is 1. The maximum absolute atomic E-state index is 12.7. The number of aliphatic hydroxyl groups is 1. The van der Waals surface area contributed by atoms with Crippen molar-refractivity contribution < 1.29 is 9.90 Å². The molecule has 1 aliphatic carbocycles. The fourth-order valence-corrected chi connectivity index (χ4v) is 3.37. The van der Waals surface area contributed by atoms with Gasteiger partial charge in [-0.1, -0.05) is 28.1 Å². The van der Waals surface area contributed by atoms with Gasteiger partial charge in [-0.05, 0) is 24.6 Å². The first-order valence-corrected chi connectivity index (χ1v) is 8.54. The lowest BCUT2D eigenvalue weighted by Crippen LogP contribution is -2.57. The Bertz CT molecular complexity index is 836. The Balaban J connectivity index is 1.92. The molecule has 0 saturated heterocycles. The smallest absolute Gasteiger partial charge is 0.257 e. The number of amides is 1. The Hall–Kier alpha value is -1.92. The lowest BCUT2D eigenvalue weighted by Gasteiger charge is -2.46. The van der Waals surface area contributed by atoms with Gasteiger partial charge < -0.3 is 15.0 Å². The van der Waals surface area contributed by atoms with Crippen molar-refractivity contribution in [3.05, 3.63) is 68.0 Å². The number of carbonyl (C=O) groups is 1. The second-order valence-electron chi connectivity index (χ2n) is 6.41. The van der Waals surface area contributed by atoms with Crippen LogP contribution in [0.1, 0.15) is 34.5 Å². The average molecular weight is 391 g/mol. The number of halogens is 1. The number of hydrogen-bond donors (Lipinski definition) is 2. The topological polar surface area (TPSA) is 71.3 Å². The van der Waals surface area contributed by atoms with Crippen LogP contribution in [0.4, 0.5) is 0 Å². The molecule has 0 aliphatic heterocycles. The van der Waals surface area contributed by atoms with Crippen LogP contribution >= 0.6 is 15.9 Å². The van der Waals surface area contributed by atoms with Gasteiger partial charge in [0.15, 0.2) is 5.43 Å². The average Bonchev–Trinajstić information content (AvgIpc) is 2.49. The van der Waals surface area contributed by atoms with E-state index in [2.05, 4.69) is 21.2 Å². The van der Waals surface area contributed by atoms with Gasteiger partial charge in [-0.3, -0.25) is 9.59 Å². The minimum atomic E-state index is -0.632. The number of hydrogen-bond acceptors (Lipinski definition) is 3. The SMILES string of the molecule is Cc1cc(=O)c(C(=O)NC2(c3ccc(Br)cc3)CC(O)C2)cn1C. The Morgan fingerprint density at radius 2 is 1.96 bits per heavy atom. The van der Waals surface area contributed by atoms with Gasteiger partial charge in [-0.2, -0.15) is 0 Å². The summed E-state index contributed by atoms with van der Waals surface area (Å²) in [7, 11) is 1.79. The molecule has 0 bridgehead atoms. The van der Waals surface area contributed by atoms with Crippen LogP contribution in [0, 0.1) is 6.92 Å². The molecule has 126 valence electrons. The molecule has 1 aromatic carbocycles. The second kappa shape index (κ2) is 6.18. The van der Waals surface area contributed by atoms with Gasteiger partial charge in [-0.15, -0.1) is 0 Å². The zero-order chi connectivity index (χ0) is 17.5. The summed E-state index contributed by atoms with van der Waals surface area (Å²) in [5.41, 5.74) is 0.897. The van der Waals surface area contributed by atoms with Crippen molar-refractivity contribution in [1.29, 1.82) is 0 Å². The van der Waals surface area contributed by atoms with Gasteiger partial charge in [0, 0.05) is 42.3 Å². The van der Waals surface area contributed by atoms with Crippen LogP contribution < -0.4 is 10.7 Å². The summed E-state index contributed by atoms with van der Waals surface area (Å²) in [6, 6.07) is 9.10. The minimum Gasteiger partial charge on any atom is -0.393 e. The van der Waals surface area contributed by atoms with Crippen LogP contribution in [0.25, 0.3) is 0 Å². The van der Waals surface area contributed by atoms with Crippen LogP contribution in [-0.2, 0) is 12.6 Å². The minimum absolute atomic E-state index is 0.112. The molecule has 3 rings (SSSR count). The number of nitrogens with zero attached hydrogens (tertiary/aromatic N) is 1. The summed E-state index contributed by atoms with van der Waals surface area (Å²) in [4.78, 5) is 24.8. The van der Waals surface area contributed by atoms with E-state index in [0.29, 0.717) is 12.8 Å². The predicted molar refractivity (Wildman–Crippen MR) is 94.9 cm³/mol. The number of benzene rings is 1. The van der Waals surface area contributed by atoms with Gasteiger partial charge >= 0.3 is 0 Å². The summed E-state index contributed by atoms with van der Waals surface area (Å²) in [6.45, 7) is 1.81. The molecule has 2 N–H and O–H groups in total. The highest BCUT2D eigenvalue weighted by atomic mass is 79.9. The first-order valence-electron chi connectivity index (χ1n) is 7.75. The highest BCUT2D eigenvalue weighted by Crippen LogP contribution is 2.42. The number of nitrogens with one attached hydrogen (secondary N) is 1. The van der Waals surface area contributed by atoms with Crippen LogP contribution in [0.2, 0.25) is 0 Å². The maximum Gasteiger partial charge on any atom is 0.257 e. The lowest BCUT2D eigenvalue weighted by atomic mass is 9.69. The zero-order valence-corrected chi connectivity index (χ0v) is 15.1. The second-order valence-corrected chi connectivity index (χ2v) is 7.32. The highest BCUT2D eigenvalue weighted by Gasteiger charge is 2.46. The number of aliphatic hydroxyl groups excluding tert-OH is 1. The molecule has 1 aromatic heterocycles. The van der Waals surface area contributed by atoms with Crippen molar-refractivity contribution in [3.8, 4) is 0 Å². The van der Waals surface area contributed by atoms with Crippen LogP contribution in [0.15, 0.2) is 45.8 Å². The standard InChI is InChI=1S/C18H19BrN2O3/c1-11-7-16(23)15(10-21(11)2)17(24)20-18(8-14(22)9-18)12-3-5-13(19)6-4-12/h3-7,10,14,22H,8-9H2,1-2H3,(H,20,24). The van der Waals surface area contributed by atoms with Crippen molar-refractivity contribution in [1.82, 2.24) is 9.88 Å². The predicted octanol–water partition coefficient (Wildman–Crippen LogP) is 2.24. The number of carbonyl (C=O) groups excluding carboxylic acids is 1. The fraction of sp³-hybridized carbons (Fsp3) is 0.333. The van der Waals surface area contributed by atoms with Crippen LogP contribution in [0.3, 0.4) is 0 Å². The van der Waals surface area contributed by atoms with Crippen LogP contribution in [-0.4, -0.2) is 21.7 Å². The van der Waals surface area contributed by atoms with Gasteiger partial charge in [0.2, 0.25) is 0 Å². The molecule has 0 radical (unpaired) electrons. The lowest BCUT2D eigenvalue weighted by molar-refractivity contribution is 0.000954. The highest BCUT2D eigenvalue weighted by molar-refractivity contribution is 9.10. The van der Waals surface area contributed by atoms with E-state index in [1.807, 2.05) is 31.2 Å². The van der Waals surface area contributed by atoms with Crippen molar-refractivity contribution in [3.63, 3.8) is 0 Å². The first-order chi connectivity index (χ1) is 11.3. The number of rotatable bonds is 3. The molecular weight excluding hydrogens is 372 g/mol. The molecule has 1 heterocycles. The Morgan fingerprint density at radius 3 is 2.54 bits per heavy atom. The van der Waals surface area contributed by atoms with Crippen molar-refractivity contribution in [2.45, 2.75) is 31.4 Å². The van der Waals surface area contributed by atoms with Crippen LogP contribution in [0.5, 0.6) is 0 Å². The Kier molecular flexibility index (Phi) is 4.36. The summed E-state index contributed by atoms with van der Waals surface area (Å²) in [5.74, 6) is -0.412. The van der Waals surface area contributed by atoms with Gasteiger partial charge in [0.05, 0.1) is 11.6 Å². The van der Waals surface area contributed by atoms with E-state index in [-0.39, 0.29) is 11.0 Å². The summed E-state index contributed by atoms with van der Waals surface area (Å²) in [6.07, 6.45) is 1.98. The first kappa shape index (κ1) is 16.9. The van der Waals surface area contributed by atoms with E-state index in [0.717, 1.165) is 15.7 Å². The quantitative estimate of drug-likeness (QED) is 0.843. The third kappa shape index (κ3) is 3.03. The molecule has 0 spiro atoms. The maximum atomic E-state index is 12.7. The molecule has 24 heavy (non-hydrogen) atoms. The largest absolute Gasteiger partial charge is 0.393 e. The third-order valence-electron chi connectivity index (χ3n) is 4.65. The third-order valence-corrected chi connectivity index (χ3v) is 5.18. The molecular formula is C18H19BrN2O3. The molecule has 0 unspecified atom stereocenters. The zero-order valence-electron chi connectivity index (χ0n) is 13.5. The molecule has 0 atom stereocenters. The molecule has 1 amide bonds. The van der Waals surface area contributed by atoms with E-state index >= 15 is 0 Å². The van der Waals surface area contributed by atoms with E-state index in [4.69, 9.17) is 0 Å². The Labute approximate surface area is 148 Å². The van der Waals surface area contributed by atoms with E-state index < -0.39 is 17.6 Å². The molecule has 6 heteroatoms. The van der Waals surface area contributed by atoms with E-state index in [9.17, 15) is 14.7 Å². The molecule has 1 aliphatic rings. The van der Waals surface area contributed by atoms with E-state index in [1.54, 1.807) is 17.8 Å². The van der Waals surface area contributed by atoms with Gasteiger partial charge in [0.1, 0.15) is 5.56 Å². The number of aryl methyl sites for hydroxylation is 2.